The lowest BCUT2D eigenvalue weighted by Crippen LogP contribution is -2.48. The van der Waals surface area contributed by atoms with Gasteiger partial charge in [-0.15, -0.1) is 0 Å². The number of benzene rings is 3. The number of hydrogen-bond acceptors (Lipinski definition) is 9. The molecule has 2 heterocycles. The summed E-state index contributed by atoms with van der Waals surface area (Å²) in [5.74, 6) is 1.10. The molecule has 1 N–H and O–H groups in total. The average molecular weight is 624 g/mol. The Bertz CT molecular complexity index is 1640. The van der Waals surface area contributed by atoms with Crippen LogP contribution in [0.15, 0.2) is 71.6 Å². The van der Waals surface area contributed by atoms with Crippen LogP contribution in [0.3, 0.4) is 0 Å². The summed E-state index contributed by atoms with van der Waals surface area (Å²) in [6.45, 7) is 7.06. The van der Waals surface area contributed by atoms with Gasteiger partial charge in [-0.05, 0) is 42.0 Å². The Labute approximate surface area is 256 Å². The number of aromatic nitrogens is 1. The molecule has 0 saturated carbocycles. The van der Waals surface area contributed by atoms with Crippen LogP contribution in [-0.4, -0.2) is 88.5 Å². The second-order valence-corrected chi connectivity index (χ2v) is 13.1. The monoisotopic (exact) mass is 623 g/mol. The first-order valence-corrected chi connectivity index (χ1v) is 16.5. The number of ether oxygens (including phenoxy) is 2. The van der Waals surface area contributed by atoms with E-state index < -0.39 is 10.0 Å². The summed E-state index contributed by atoms with van der Waals surface area (Å²) in [5, 5.41) is 3.93. The van der Waals surface area contributed by atoms with Crippen LogP contribution in [0, 0.1) is 0 Å². The number of anilines is 1. The number of sulfonamides is 1. The molecule has 1 aliphatic rings. The SMILES string of the molecule is CCN(Cc1ccccc1)S(=O)(=O)c1ccc(C(=O)NCCN2CCN(c3nc4c(OC)c(OC)ccc4s3)CC2)cc1. The summed E-state index contributed by atoms with van der Waals surface area (Å²) in [5.41, 5.74) is 2.16. The number of nitrogens with one attached hydrogen (secondary N) is 1. The fourth-order valence-electron chi connectivity index (χ4n) is 5.11. The fraction of sp³-hybridized carbons (Fsp3) is 0.355. The number of thiazole rings is 1. The van der Waals surface area contributed by atoms with Crippen LogP contribution < -0.4 is 19.7 Å². The first-order valence-electron chi connectivity index (χ1n) is 14.2. The number of hydrogen-bond donors (Lipinski definition) is 1. The number of carbonyl (C=O) groups is 1. The Morgan fingerprint density at radius 2 is 1.70 bits per heavy atom. The largest absolute Gasteiger partial charge is 0.493 e. The summed E-state index contributed by atoms with van der Waals surface area (Å²) in [4.78, 5) is 22.4. The lowest BCUT2D eigenvalue weighted by molar-refractivity contribution is 0.0947. The normalized spacial score (nSPS) is 14.3. The predicted molar refractivity (Wildman–Crippen MR) is 170 cm³/mol. The maximum Gasteiger partial charge on any atom is 0.251 e. The van der Waals surface area contributed by atoms with Gasteiger partial charge in [-0.3, -0.25) is 9.69 Å². The summed E-state index contributed by atoms with van der Waals surface area (Å²) in [7, 11) is -0.440. The van der Waals surface area contributed by atoms with Crippen molar-refractivity contribution in [2.45, 2.75) is 18.4 Å². The van der Waals surface area contributed by atoms with Crippen molar-refractivity contribution in [2.75, 3.05) is 64.9 Å². The molecule has 228 valence electrons. The van der Waals surface area contributed by atoms with Gasteiger partial charge in [-0.1, -0.05) is 48.6 Å². The molecule has 1 fully saturated rings. The quantitative estimate of drug-likeness (QED) is 0.252. The first-order chi connectivity index (χ1) is 20.8. The van der Waals surface area contributed by atoms with Gasteiger partial charge in [0.1, 0.15) is 5.52 Å². The molecule has 1 amide bonds. The van der Waals surface area contributed by atoms with Crippen LogP contribution in [-0.2, 0) is 16.6 Å². The molecule has 0 unspecified atom stereocenters. The topological polar surface area (TPSA) is 104 Å². The van der Waals surface area contributed by atoms with Crippen molar-refractivity contribution in [3.63, 3.8) is 0 Å². The molecule has 0 radical (unpaired) electrons. The molecule has 10 nitrogen and oxygen atoms in total. The Hall–Kier alpha value is -3.71. The summed E-state index contributed by atoms with van der Waals surface area (Å²) in [6.07, 6.45) is 0. The first kappa shape index (κ1) is 30.7. The van der Waals surface area contributed by atoms with Crippen molar-refractivity contribution >= 4 is 42.6 Å². The molecule has 1 aliphatic heterocycles. The Balaban J connectivity index is 1.10. The van der Waals surface area contributed by atoms with Crippen molar-refractivity contribution in [3.05, 3.63) is 77.9 Å². The van der Waals surface area contributed by atoms with Crippen molar-refractivity contribution in [1.29, 1.82) is 0 Å². The lowest BCUT2D eigenvalue weighted by Gasteiger charge is -2.34. The van der Waals surface area contributed by atoms with E-state index in [9.17, 15) is 13.2 Å². The van der Waals surface area contributed by atoms with Gasteiger partial charge < -0.3 is 19.7 Å². The van der Waals surface area contributed by atoms with Crippen molar-refractivity contribution in [3.8, 4) is 11.5 Å². The number of methoxy groups -OCH3 is 2. The summed E-state index contributed by atoms with van der Waals surface area (Å²) < 4.78 is 39.9. The molecular formula is C31H37N5O5S2. The highest BCUT2D eigenvalue weighted by Gasteiger charge is 2.24. The van der Waals surface area contributed by atoms with Gasteiger partial charge in [-0.2, -0.15) is 4.31 Å². The molecule has 1 saturated heterocycles. The van der Waals surface area contributed by atoms with Crippen LogP contribution in [0.4, 0.5) is 5.13 Å². The van der Waals surface area contributed by atoms with Crippen LogP contribution in [0.25, 0.3) is 10.2 Å². The lowest BCUT2D eigenvalue weighted by atomic mass is 10.2. The van der Waals surface area contributed by atoms with Crippen molar-refractivity contribution in [2.24, 2.45) is 0 Å². The van der Waals surface area contributed by atoms with E-state index in [1.165, 1.54) is 16.4 Å². The molecule has 0 spiro atoms. The van der Waals surface area contributed by atoms with E-state index in [4.69, 9.17) is 14.5 Å². The highest BCUT2D eigenvalue weighted by molar-refractivity contribution is 7.89. The van der Waals surface area contributed by atoms with Gasteiger partial charge in [0, 0.05) is 57.9 Å². The van der Waals surface area contributed by atoms with E-state index in [0.29, 0.717) is 36.7 Å². The van der Waals surface area contributed by atoms with E-state index in [2.05, 4.69) is 15.1 Å². The molecule has 3 aromatic carbocycles. The van der Waals surface area contributed by atoms with Gasteiger partial charge in [0.25, 0.3) is 5.91 Å². The number of carbonyl (C=O) groups excluding carboxylic acids is 1. The molecule has 0 atom stereocenters. The fourth-order valence-corrected chi connectivity index (χ4v) is 7.56. The van der Waals surface area contributed by atoms with Gasteiger partial charge in [-0.25, -0.2) is 13.4 Å². The molecular weight excluding hydrogens is 587 g/mol. The van der Waals surface area contributed by atoms with Crippen molar-refractivity contribution in [1.82, 2.24) is 19.5 Å². The van der Waals surface area contributed by atoms with Crippen LogP contribution in [0.5, 0.6) is 11.5 Å². The van der Waals surface area contributed by atoms with Gasteiger partial charge in [0.15, 0.2) is 16.6 Å². The van der Waals surface area contributed by atoms with Crippen LogP contribution in [0.2, 0.25) is 0 Å². The minimum absolute atomic E-state index is 0.172. The van der Waals surface area contributed by atoms with Crippen LogP contribution in [0.1, 0.15) is 22.8 Å². The highest BCUT2D eigenvalue weighted by Crippen LogP contribution is 2.40. The van der Waals surface area contributed by atoms with E-state index in [-0.39, 0.29) is 10.8 Å². The van der Waals surface area contributed by atoms with Crippen molar-refractivity contribution < 1.29 is 22.7 Å². The second-order valence-electron chi connectivity index (χ2n) is 10.2. The Morgan fingerprint density at radius 1 is 0.977 bits per heavy atom. The third-order valence-electron chi connectivity index (χ3n) is 7.56. The van der Waals surface area contributed by atoms with Gasteiger partial charge in [0.05, 0.1) is 23.8 Å². The zero-order valence-electron chi connectivity index (χ0n) is 24.7. The van der Waals surface area contributed by atoms with E-state index in [0.717, 1.165) is 53.6 Å². The number of nitrogens with zero attached hydrogens (tertiary/aromatic N) is 4. The molecule has 1 aromatic heterocycles. The molecule has 43 heavy (non-hydrogen) atoms. The summed E-state index contributed by atoms with van der Waals surface area (Å²) in [6, 6.07) is 19.6. The van der Waals surface area contributed by atoms with Gasteiger partial charge in [0.2, 0.25) is 10.0 Å². The predicted octanol–water partition coefficient (Wildman–Crippen LogP) is 4.08. The Morgan fingerprint density at radius 3 is 2.35 bits per heavy atom. The molecule has 0 aliphatic carbocycles. The molecule has 4 aromatic rings. The maximum absolute atomic E-state index is 13.2. The number of amides is 1. The molecule has 0 bridgehead atoms. The average Bonchev–Trinajstić information content (AvgIpc) is 3.48. The molecule has 5 rings (SSSR count). The van der Waals surface area contributed by atoms with E-state index in [1.807, 2.05) is 49.4 Å². The summed E-state index contributed by atoms with van der Waals surface area (Å²) >= 11 is 1.64. The number of piperazine rings is 1. The zero-order valence-corrected chi connectivity index (χ0v) is 26.3. The van der Waals surface area contributed by atoms with Crippen LogP contribution >= 0.6 is 11.3 Å². The third-order valence-corrected chi connectivity index (χ3v) is 10.6. The number of fused-ring (bicyclic) bond motifs is 1. The maximum atomic E-state index is 13.2. The van der Waals surface area contributed by atoms with E-state index >= 15 is 0 Å². The Kier molecular flexibility index (Phi) is 9.81. The van der Waals surface area contributed by atoms with Gasteiger partial charge >= 0.3 is 0 Å². The zero-order chi connectivity index (χ0) is 30.4. The number of rotatable bonds is 12. The second kappa shape index (κ2) is 13.7. The highest BCUT2D eigenvalue weighted by atomic mass is 32.2. The minimum Gasteiger partial charge on any atom is -0.493 e. The molecule has 12 heteroatoms. The van der Waals surface area contributed by atoms with E-state index in [1.54, 1.807) is 37.7 Å². The minimum atomic E-state index is -3.69. The third kappa shape index (κ3) is 6.93. The smallest absolute Gasteiger partial charge is 0.251 e. The standard InChI is InChI=1S/C31H37N5O5S2/c1-4-36(22-23-8-6-5-7-9-23)43(38,39)25-12-10-24(11-13-25)30(37)32-16-17-34-18-20-35(21-19-34)31-33-28-27(42-31)15-14-26(40-2)29(28)41-3/h5-15H,4,16-22H2,1-3H3,(H,32,37).